The van der Waals surface area contributed by atoms with E-state index in [0.717, 1.165) is 6.07 Å². The van der Waals surface area contributed by atoms with Gasteiger partial charge in [0.05, 0.1) is 0 Å². The van der Waals surface area contributed by atoms with Gasteiger partial charge in [0.15, 0.2) is 0 Å². The van der Waals surface area contributed by atoms with Gasteiger partial charge in [0.2, 0.25) is 0 Å². The summed E-state index contributed by atoms with van der Waals surface area (Å²) in [4.78, 5) is 0. The Morgan fingerprint density at radius 2 is 1.61 bits per heavy atom. The number of rotatable bonds is 3. The van der Waals surface area contributed by atoms with Crippen LogP contribution in [0.15, 0.2) is 18.2 Å². The summed E-state index contributed by atoms with van der Waals surface area (Å²) in [6.45, 7) is 0. The van der Waals surface area contributed by atoms with E-state index in [1.54, 1.807) is 0 Å². The number of nitrogens with two attached hydrogens (primary N) is 1. The van der Waals surface area contributed by atoms with Crippen molar-refractivity contribution >= 4 is 0 Å². The largest absolute Gasteiger partial charge is 0.271 e. The standard InChI is InChI=1S/C14H18F2N2/c15-9-5-8(6-10(16)7-9)14(18-17)13-11-3-1-2-4-12(11)13/h5-7,11-14,18H,1-4,17H2. The maximum absolute atomic E-state index is 13.3. The van der Waals surface area contributed by atoms with Gasteiger partial charge in [-0.25, -0.2) is 8.78 Å². The van der Waals surface area contributed by atoms with Gasteiger partial charge >= 0.3 is 0 Å². The van der Waals surface area contributed by atoms with E-state index < -0.39 is 11.6 Å². The minimum absolute atomic E-state index is 0.122. The minimum Gasteiger partial charge on any atom is -0.271 e. The molecule has 2 aliphatic rings. The molecule has 0 radical (unpaired) electrons. The molecule has 0 amide bonds. The Balaban J connectivity index is 1.84. The Kier molecular flexibility index (Phi) is 3.08. The number of hydrogen-bond acceptors (Lipinski definition) is 2. The lowest BCUT2D eigenvalue weighted by molar-refractivity contribution is 0.450. The first-order valence-electron chi connectivity index (χ1n) is 6.63. The van der Waals surface area contributed by atoms with Crippen LogP contribution in [0.25, 0.3) is 0 Å². The van der Waals surface area contributed by atoms with Crippen LogP contribution in [0.3, 0.4) is 0 Å². The quantitative estimate of drug-likeness (QED) is 0.641. The van der Waals surface area contributed by atoms with E-state index in [1.165, 1.54) is 37.8 Å². The summed E-state index contributed by atoms with van der Waals surface area (Å²) in [6.07, 6.45) is 5.00. The fourth-order valence-corrected chi connectivity index (χ4v) is 3.73. The Labute approximate surface area is 106 Å². The zero-order valence-electron chi connectivity index (χ0n) is 10.2. The fraction of sp³-hybridized carbons (Fsp3) is 0.571. The summed E-state index contributed by atoms with van der Waals surface area (Å²) in [7, 11) is 0. The van der Waals surface area contributed by atoms with Crippen molar-refractivity contribution in [2.24, 2.45) is 23.6 Å². The molecule has 1 aromatic carbocycles. The third-order valence-corrected chi connectivity index (χ3v) is 4.53. The molecule has 3 atom stereocenters. The number of hydrazine groups is 1. The second-order valence-corrected chi connectivity index (χ2v) is 5.54. The fourth-order valence-electron chi connectivity index (χ4n) is 3.73. The predicted octanol–water partition coefficient (Wildman–Crippen LogP) is 2.91. The molecule has 2 fully saturated rings. The van der Waals surface area contributed by atoms with E-state index in [0.29, 0.717) is 23.3 Å². The van der Waals surface area contributed by atoms with Crippen molar-refractivity contribution in [1.29, 1.82) is 0 Å². The van der Waals surface area contributed by atoms with Crippen LogP contribution in [0.2, 0.25) is 0 Å². The van der Waals surface area contributed by atoms with Crippen LogP contribution in [0.1, 0.15) is 37.3 Å². The van der Waals surface area contributed by atoms with Crippen molar-refractivity contribution in [3.05, 3.63) is 35.4 Å². The molecule has 98 valence electrons. The lowest BCUT2D eigenvalue weighted by atomic mass is 10.00. The Morgan fingerprint density at radius 3 is 2.11 bits per heavy atom. The van der Waals surface area contributed by atoms with Crippen LogP contribution in [0.5, 0.6) is 0 Å². The maximum atomic E-state index is 13.3. The third kappa shape index (κ3) is 2.04. The lowest BCUT2D eigenvalue weighted by Crippen LogP contribution is -2.30. The van der Waals surface area contributed by atoms with E-state index in [2.05, 4.69) is 5.43 Å². The molecule has 1 aromatic rings. The molecule has 0 saturated heterocycles. The summed E-state index contributed by atoms with van der Waals surface area (Å²) >= 11 is 0. The van der Waals surface area contributed by atoms with E-state index in [-0.39, 0.29) is 6.04 Å². The summed E-state index contributed by atoms with van der Waals surface area (Å²) in [6, 6.07) is 3.55. The zero-order valence-corrected chi connectivity index (χ0v) is 10.2. The molecule has 18 heavy (non-hydrogen) atoms. The number of halogens is 2. The van der Waals surface area contributed by atoms with Crippen molar-refractivity contribution in [1.82, 2.24) is 5.43 Å². The molecule has 2 aliphatic carbocycles. The highest BCUT2D eigenvalue weighted by Crippen LogP contribution is 2.60. The van der Waals surface area contributed by atoms with Gasteiger partial charge in [-0.05, 0) is 48.3 Å². The second kappa shape index (κ2) is 4.59. The first-order valence-corrected chi connectivity index (χ1v) is 6.63. The first-order chi connectivity index (χ1) is 8.70. The monoisotopic (exact) mass is 252 g/mol. The average molecular weight is 252 g/mol. The highest BCUT2D eigenvalue weighted by molar-refractivity contribution is 5.25. The minimum atomic E-state index is -0.533. The Morgan fingerprint density at radius 1 is 1.06 bits per heavy atom. The normalized spacial score (nSPS) is 31.8. The van der Waals surface area contributed by atoms with Gasteiger partial charge in [0, 0.05) is 12.1 Å². The Hall–Kier alpha value is -1.00. The van der Waals surface area contributed by atoms with Crippen LogP contribution >= 0.6 is 0 Å². The van der Waals surface area contributed by atoms with Crippen molar-refractivity contribution in [2.75, 3.05) is 0 Å². The molecule has 0 bridgehead atoms. The molecule has 4 heteroatoms. The van der Waals surface area contributed by atoms with Crippen molar-refractivity contribution in [2.45, 2.75) is 31.7 Å². The third-order valence-electron chi connectivity index (χ3n) is 4.53. The molecule has 0 aliphatic heterocycles. The van der Waals surface area contributed by atoms with Crippen molar-refractivity contribution in [3.63, 3.8) is 0 Å². The molecule has 2 nitrogen and oxygen atoms in total. The summed E-state index contributed by atoms with van der Waals surface area (Å²) < 4.78 is 26.5. The number of benzene rings is 1. The van der Waals surface area contributed by atoms with Crippen LogP contribution in [-0.4, -0.2) is 0 Å². The lowest BCUT2D eigenvalue weighted by Gasteiger charge is -2.17. The zero-order chi connectivity index (χ0) is 12.7. The highest BCUT2D eigenvalue weighted by atomic mass is 19.1. The van der Waals surface area contributed by atoms with Gasteiger partial charge in [0.1, 0.15) is 11.6 Å². The van der Waals surface area contributed by atoms with Crippen LogP contribution in [-0.2, 0) is 0 Å². The van der Waals surface area contributed by atoms with Crippen molar-refractivity contribution < 1.29 is 8.78 Å². The predicted molar refractivity (Wildman–Crippen MR) is 65.4 cm³/mol. The molecule has 3 N–H and O–H groups in total. The van der Waals surface area contributed by atoms with Gasteiger partial charge < -0.3 is 0 Å². The highest BCUT2D eigenvalue weighted by Gasteiger charge is 2.54. The maximum Gasteiger partial charge on any atom is 0.126 e. The van der Waals surface area contributed by atoms with Crippen molar-refractivity contribution in [3.8, 4) is 0 Å². The molecular formula is C14H18F2N2. The summed E-state index contributed by atoms with van der Waals surface area (Å²) in [5, 5.41) is 0. The summed E-state index contributed by atoms with van der Waals surface area (Å²) in [5.41, 5.74) is 3.39. The first kappa shape index (κ1) is 12.1. The topological polar surface area (TPSA) is 38.0 Å². The van der Waals surface area contributed by atoms with Crippen LogP contribution in [0.4, 0.5) is 8.78 Å². The van der Waals surface area contributed by atoms with Gasteiger partial charge in [-0.15, -0.1) is 0 Å². The number of nitrogens with one attached hydrogen (secondary N) is 1. The second-order valence-electron chi connectivity index (χ2n) is 5.54. The van der Waals surface area contributed by atoms with Crippen LogP contribution in [0, 0.1) is 29.4 Å². The molecule has 3 unspecified atom stereocenters. The summed E-state index contributed by atoms with van der Waals surface area (Å²) in [5.74, 6) is 6.35. The molecule has 2 saturated carbocycles. The van der Waals surface area contributed by atoms with E-state index in [4.69, 9.17) is 5.84 Å². The van der Waals surface area contributed by atoms with E-state index in [1.807, 2.05) is 0 Å². The smallest absolute Gasteiger partial charge is 0.126 e. The average Bonchev–Trinajstić information content (AvgIpc) is 3.04. The van der Waals surface area contributed by atoms with Gasteiger partial charge in [-0.3, -0.25) is 11.3 Å². The van der Waals surface area contributed by atoms with Gasteiger partial charge in [0.25, 0.3) is 0 Å². The van der Waals surface area contributed by atoms with Gasteiger partial charge in [-0.1, -0.05) is 12.8 Å². The van der Waals surface area contributed by atoms with E-state index >= 15 is 0 Å². The molecule has 0 aromatic heterocycles. The Bertz CT molecular complexity index is 417. The van der Waals surface area contributed by atoms with Gasteiger partial charge in [-0.2, -0.15) is 0 Å². The number of hydrogen-bond donors (Lipinski definition) is 2. The molecule has 3 rings (SSSR count). The molecule has 0 heterocycles. The number of fused-ring (bicyclic) bond motifs is 1. The molecular weight excluding hydrogens is 234 g/mol. The van der Waals surface area contributed by atoms with E-state index in [9.17, 15) is 8.78 Å². The van der Waals surface area contributed by atoms with Crippen LogP contribution < -0.4 is 11.3 Å². The molecule has 0 spiro atoms. The SMILES string of the molecule is NNC(c1cc(F)cc(F)c1)C1C2CCCCC21.